The first kappa shape index (κ1) is 16.4. The van der Waals surface area contributed by atoms with Gasteiger partial charge in [0.1, 0.15) is 5.82 Å². The third kappa shape index (κ3) is 4.08. The first-order chi connectivity index (χ1) is 11.5. The number of pyridine rings is 1. The minimum Gasteiger partial charge on any atom is -0.387 e. The summed E-state index contributed by atoms with van der Waals surface area (Å²) < 4.78 is 13.0. The van der Waals surface area contributed by atoms with Crippen LogP contribution in [0, 0.1) is 12.7 Å². The molecule has 2 amide bonds. The van der Waals surface area contributed by atoms with Gasteiger partial charge in [-0.15, -0.1) is 0 Å². The van der Waals surface area contributed by atoms with Gasteiger partial charge >= 0.3 is 6.03 Å². The van der Waals surface area contributed by atoms with Gasteiger partial charge in [0.25, 0.3) is 0 Å². The van der Waals surface area contributed by atoms with Crippen molar-refractivity contribution < 1.29 is 14.3 Å². The van der Waals surface area contributed by atoms with E-state index in [9.17, 15) is 14.3 Å². The number of nitrogens with zero attached hydrogens (tertiary/aromatic N) is 2. The zero-order valence-corrected chi connectivity index (χ0v) is 13.4. The highest BCUT2D eigenvalue weighted by molar-refractivity contribution is 5.89. The van der Waals surface area contributed by atoms with Crippen molar-refractivity contribution in [3.63, 3.8) is 0 Å². The van der Waals surface area contributed by atoms with Crippen LogP contribution in [-0.2, 0) is 0 Å². The maximum absolute atomic E-state index is 13.0. The van der Waals surface area contributed by atoms with Gasteiger partial charge < -0.3 is 15.3 Å². The van der Waals surface area contributed by atoms with Crippen LogP contribution in [0.1, 0.15) is 30.2 Å². The number of anilines is 1. The Morgan fingerprint density at radius 2 is 2.08 bits per heavy atom. The lowest BCUT2D eigenvalue weighted by Crippen LogP contribution is -2.39. The summed E-state index contributed by atoms with van der Waals surface area (Å²) >= 11 is 0. The first-order valence-corrected chi connectivity index (χ1v) is 7.97. The van der Waals surface area contributed by atoms with Crippen LogP contribution in [0.15, 0.2) is 42.6 Å². The van der Waals surface area contributed by atoms with Gasteiger partial charge in [-0.2, -0.15) is 0 Å². The van der Waals surface area contributed by atoms with E-state index in [1.807, 2.05) is 6.92 Å². The highest BCUT2D eigenvalue weighted by Gasteiger charge is 2.34. The number of carbonyl (C=O) groups excluding carboxylic acids is 1. The van der Waals surface area contributed by atoms with Crippen LogP contribution >= 0.6 is 0 Å². The SMILES string of the molecule is Cc1cc(NC(=O)N(CC(O)c2ccc(F)cc2)C2CC2)ccn1. The van der Waals surface area contributed by atoms with Crippen LogP contribution in [0.25, 0.3) is 0 Å². The van der Waals surface area contributed by atoms with E-state index < -0.39 is 6.10 Å². The predicted molar refractivity (Wildman–Crippen MR) is 89.1 cm³/mol. The molecule has 0 aliphatic heterocycles. The van der Waals surface area contributed by atoms with Crippen molar-refractivity contribution in [2.45, 2.75) is 31.9 Å². The van der Waals surface area contributed by atoms with Crippen LogP contribution in [0.3, 0.4) is 0 Å². The highest BCUT2D eigenvalue weighted by atomic mass is 19.1. The molecule has 2 N–H and O–H groups in total. The molecule has 0 saturated heterocycles. The van der Waals surface area contributed by atoms with Gasteiger partial charge in [0.15, 0.2) is 0 Å². The summed E-state index contributed by atoms with van der Waals surface area (Å²) in [7, 11) is 0. The van der Waals surface area contributed by atoms with Crippen molar-refractivity contribution in [1.29, 1.82) is 0 Å². The molecule has 0 bridgehead atoms. The summed E-state index contributed by atoms with van der Waals surface area (Å²) in [5.41, 5.74) is 2.08. The Hall–Kier alpha value is -2.47. The topological polar surface area (TPSA) is 65.5 Å². The second-order valence-electron chi connectivity index (χ2n) is 6.07. The number of urea groups is 1. The summed E-state index contributed by atoms with van der Waals surface area (Å²) in [6.07, 6.45) is 2.65. The Labute approximate surface area is 140 Å². The summed E-state index contributed by atoms with van der Waals surface area (Å²) in [6, 6.07) is 9.10. The molecular formula is C18H20FN3O2. The third-order valence-electron chi connectivity index (χ3n) is 4.02. The molecule has 2 aromatic rings. The molecule has 0 spiro atoms. The van der Waals surface area contributed by atoms with E-state index in [0.29, 0.717) is 11.3 Å². The fourth-order valence-corrected chi connectivity index (χ4v) is 2.58. The molecule has 1 aliphatic carbocycles. The monoisotopic (exact) mass is 329 g/mol. The summed E-state index contributed by atoms with van der Waals surface area (Å²) in [4.78, 5) is 18.3. The van der Waals surface area contributed by atoms with Crippen molar-refractivity contribution in [2.75, 3.05) is 11.9 Å². The molecule has 1 aromatic heterocycles. The molecule has 24 heavy (non-hydrogen) atoms. The molecule has 3 rings (SSSR count). The number of halogens is 1. The second kappa shape index (κ2) is 6.97. The van der Waals surface area contributed by atoms with Crippen molar-refractivity contribution in [3.05, 3.63) is 59.7 Å². The highest BCUT2D eigenvalue weighted by Crippen LogP contribution is 2.29. The first-order valence-electron chi connectivity index (χ1n) is 7.97. The molecule has 1 saturated carbocycles. The lowest BCUT2D eigenvalue weighted by molar-refractivity contribution is 0.123. The molecular weight excluding hydrogens is 309 g/mol. The fourth-order valence-electron chi connectivity index (χ4n) is 2.58. The maximum Gasteiger partial charge on any atom is 0.322 e. The van der Waals surface area contributed by atoms with Crippen LogP contribution < -0.4 is 5.32 Å². The van der Waals surface area contributed by atoms with E-state index in [1.165, 1.54) is 24.3 Å². The zero-order valence-electron chi connectivity index (χ0n) is 13.4. The van der Waals surface area contributed by atoms with E-state index in [4.69, 9.17) is 0 Å². The number of benzene rings is 1. The number of aryl methyl sites for hydroxylation is 1. The molecule has 1 heterocycles. The number of nitrogens with one attached hydrogen (secondary N) is 1. The second-order valence-corrected chi connectivity index (χ2v) is 6.07. The quantitative estimate of drug-likeness (QED) is 0.885. The molecule has 1 atom stereocenters. The minimum absolute atomic E-state index is 0.142. The summed E-state index contributed by atoms with van der Waals surface area (Å²) in [5, 5.41) is 13.2. The van der Waals surface area contributed by atoms with Gasteiger partial charge in [-0.25, -0.2) is 9.18 Å². The van der Waals surface area contributed by atoms with E-state index in [0.717, 1.165) is 18.5 Å². The van der Waals surface area contributed by atoms with Gasteiger partial charge in [0.05, 0.1) is 12.6 Å². The maximum atomic E-state index is 13.0. The van der Waals surface area contributed by atoms with Gasteiger partial charge in [0, 0.05) is 23.6 Å². The Balaban J connectivity index is 1.68. The number of aliphatic hydroxyl groups is 1. The normalized spacial score (nSPS) is 15.0. The van der Waals surface area contributed by atoms with Crippen molar-refractivity contribution in [3.8, 4) is 0 Å². The van der Waals surface area contributed by atoms with Crippen LogP contribution in [0.5, 0.6) is 0 Å². The van der Waals surface area contributed by atoms with E-state index in [1.54, 1.807) is 23.2 Å². The average Bonchev–Trinajstić information content (AvgIpc) is 3.37. The van der Waals surface area contributed by atoms with Crippen LogP contribution in [0.4, 0.5) is 14.9 Å². The van der Waals surface area contributed by atoms with E-state index in [2.05, 4.69) is 10.3 Å². The molecule has 126 valence electrons. The minimum atomic E-state index is -0.851. The predicted octanol–water partition coefficient (Wildman–Crippen LogP) is 3.26. The molecule has 6 heteroatoms. The molecule has 5 nitrogen and oxygen atoms in total. The lowest BCUT2D eigenvalue weighted by atomic mass is 10.1. The summed E-state index contributed by atoms with van der Waals surface area (Å²) in [5.74, 6) is -0.351. The lowest BCUT2D eigenvalue weighted by Gasteiger charge is -2.25. The molecule has 1 fully saturated rings. The van der Waals surface area contributed by atoms with Gasteiger partial charge in [-0.3, -0.25) is 4.98 Å². The summed E-state index contributed by atoms with van der Waals surface area (Å²) in [6.45, 7) is 2.03. The van der Waals surface area contributed by atoms with Gasteiger partial charge in [0.2, 0.25) is 0 Å². The third-order valence-corrected chi connectivity index (χ3v) is 4.02. The Bertz CT molecular complexity index is 716. The van der Waals surface area contributed by atoms with Crippen LogP contribution in [-0.4, -0.2) is 33.6 Å². The fraction of sp³-hybridized carbons (Fsp3) is 0.333. The Morgan fingerprint density at radius 3 is 2.71 bits per heavy atom. The molecule has 1 unspecified atom stereocenters. The Morgan fingerprint density at radius 1 is 1.38 bits per heavy atom. The number of hydrogen-bond acceptors (Lipinski definition) is 3. The number of amides is 2. The van der Waals surface area contributed by atoms with E-state index >= 15 is 0 Å². The van der Waals surface area contributed by atoms with Gasteiger partial charge in [-0.1, -0.05) is 12.1 Å². The van der Waals surface area contributed by atoms with Crippen molar-refractivity contribution in [2.24, 2.45) is 0 Å². The number of rotatable bonds is 5. The largest absolute Gasteiger partial charge is 0.387 e. The van der Waals surface area contributed by atoms with Crippen LogP contribution in [0.2, 0.25) is 0 Å². The van der Waals surface area contributed by atoms with Crippen molar-refractivity contribution >= 4 is 11.7 Å². The number of aromatic nitrogens is 1. The molecule has 1 aromatic carbocycles. The van der Waals surface area contributed by atoms with Crippen molar-refractivity contribution in [1.82, 2.24) is 9.88 Å². The number of aliphatic hydroxyl groups excluding tert-OH is 1. The average molecular weight is 329 g/mol. The molecule has 1 aliphatic rings. The zero-order chi connectivity index (χ0) is 17.1. The number of hydrogen-bond donors (Lipinski definition) is 2. The standard InChI is InChI=1S/C18H20FN3O2/c1-12-10-15(8-9-20-12)21-18(24)22(16-6-7-16)11-17(23)13-2-4-14(19)5-3-13/h2-5,8-10,16-17,23H,6-7,11H2,1H3,(H,20,21,24). The Kier molecular flexibility index (Phi) is 4.76. The smallest absolute Gasteiger partial charge is 0.322 e. The number of carbonyl (C=O) groups is 1. The molecule has 0 radical (unpaired) electrons. The van der Waals surface area contributed by atoms with E-state index in [-0.39, 0.29) is 24.4 Å². The van der Waals surface area contributed by atoms with Gasteiger partial charge in [-0.05, 0) is 49.6 Å².